The van der Waals surface area contributed by atoms with E-state index in [4.69, 9.17) is 11.2 Å². The van der Waals surface area contributed by atoms with Crippen molar-refractivity contribution in [2.75, 3.05) is 0 Å². The van der Waals surface area contributed by atoms with Gasteiger partial charge in [-0.3, -0.25) is 9.36 Å². The molecule has 2 aromatic heterocycles. The van der Waals surface area contributed by atoms with Crippen LogP contribution in [0.3, 0.4) is 0 Å². The van der Waals surface area contributed by atoms with Gasteiger partial charge < -0.3 is 9.30 Å². The normalized spacial score (nSPS) is 10.4. The first-order valence-electron chi connectivity index (χ1n) is 9.88. The zero-order valence-corrected chi connectivity index (χ0v) is 17.7. The second kappa shape index (κ2) is 8.71. The van der Waals surface area contributed by atoms with E-state index in [1.807, 2.05) is 54.6 Å². The lowest BCUT2D eigenvalue weighted by Crippen LogP contribution is -2.39. The van der Waals surface area contributed by atoms with Gasteiger partial charge in [0.2, 0.25) is 0 Å². The van der Waals surface area contributed by atoms with Gasteiger partial charge in [-0.25, -0.2) is 14.3 Å². The number of aryl methyl sites for hydroxylation is 2. The first-order chi connectivity index (χ1) is 15.5. The van der Waals surface area contributed by atoms with Crippen molar-refractivity contribution in [3.05, 3.63) is 92.4 Å². The van der Waals surface area contributed by atoms with Crippen LogP contribution in [-0.4, -0.2) is 18.7 Å². The Kier molecular flexibility index (Phi) is 5.65. The maximum Gasteiger partial charge on any atom is 0.333 e. The van der Waals surface area contributed by atoms with Gasteiger partial charge in [-0.05, 0) is 29.7 Å². The molecule has 0 N–H and O–H groups in total. The minimum absolute atomic E-state index is 0.108. The van der Waals surface area contributed by atoms with Gasteiger partial charge in [-0.2, -0.15) is 0 Å². The molecule has 0 spiro atoms. The summed E-state index contributed by atoms with van der Waals surface area (Å²) in [7, 11) is 3.24. The van der Waals surface area contributed by atoms with Gasteiger partial charge in [0.15, 0.2) is 17.0 Å². The van der Waals surface area contributed by atoms with Crippen LogP contribution in [0.5, 0.6) is 5.75 Å². The van der Waals surface area contributed by atoms with Crippen LogP contribution in [0, 0.1) is 24.2 Å². The zero-order valence-electron chi connectivity index (χ0n) is 17.7. The van der Waals surface area contributed by atoms with E-state index in [2.05, 4.69) is 22.7 Å². The van der Waals surface area contributed by atoms with Gasteiger partial charge in [0.25, 0.3) is 5.56 Å². The van der Waals surface area contributed by atoms with Gasteiger partial charge in [0.05, 0.1) is 6.54 Å². The van der Waals surface area contributed by atoms with E-state index in [1.54, 1.807) is 18.7 Å². The van der Waals surface area contributed by atoms with Gasteiger partial charge in [-0.15, -0.1) is 6.42 Å². The van der Waals surface area contributed by atoms with Crippen molar-refractivity contribution >= 4 is 11.2 Å². The predicted molar refractivity (Wildman–Crippen MR) is 122 cm³/mol. The minimum atomic E-state index is -0.513. The number of hydrogen-bond acceptors (Lipinski definition) is 4. The molecule has 0 saturated heterocycles. The summed E-state index contributed by atoms with van der Waals surface area (Å²) in [4.78, 5) is 29.6. The molecule has 0 fully saturated rings. The zero-order chi connectivity index (χ0) is 22.7. The Bertz CT molecular complexity index is 1520. The van der Waals surface area contributed by atoms with E-state index in [1.165, 1.54) is 4.57 Å². The Morgan fingerprint density at radius 3 is 2.53 bits per heavy atom. The number of ether oxygens (including phenoxy) is 1. The van der Waals surface area contributed by atoms with Crippen LogP contribution in [0.2, 0.25) is 0 Å². The monoisotopic (exact) mass is 424 g/mol. The van der Waals surface area contributed by atoms with Crippen LogP contribution in [0.4, 0.5) is 0 Å². The average molecular weight is 424 g/mol. The Labute approximate surface area is 184 Å². The molecule has 0 aliphatic carbocycles. The van der Waals surface area contributed by atoms with Crippen molar-refractivity contribution in [1.82, 2.24) is 18.7 Å². The number of hydrogen-bond donors (Lipinski definition) is 0. The highest BCUT2D eigenvalue weighted by Crippen LogP contribution is 2.15. The highest BCUT2D eigenvalue weighted by Gasteiger charge is 2.17. The molecule has 7 heteroatoms. The van der Waals surface area contributed by atoms with E-state index >= 15 is 0 Å². The molecule has 0 aliphatic heterocycles. The number of rotatable bonds is 4. The molecule has 0 bridgehead atoms. The Hall–Kier alpha value is -4.49. The summed E-state index contributed by atoms with van der Waals surface area (Å²) in [6.07, 6.45) is 5.30. The van der Waals surface area contributed by atoms with Crippen LogP contribution in [0.25, 0.3) is 11.2 Å². The van der Waals surface area contributed by atoms with E-state index in [-0.39, 0.29) is 17.7 Å². The number of fused-ring (bicyclic) bond motifs is 1. The van der Waals surface area contributed by atoms with Crippen LogP contribution in [0.1, 0.15) is 17.0 Å². The molecule has 4 aromatic rings. The summed E-state index contributed by atoms with van der Waals surface area (Å²) in [5.74, 6) is 9.44. The van der Waals surface area contributed by atoms with Gasteiger partial charge in [0.1, 0.15) is 12.4 Å². The lowest BCUT2D eigenvalue weighted by atomic mass is 10.2. The Morgan fingerprint density at radius 2 is 1.78 bits per heavy atom. The van der Waals surface area contributed by atoms with Gasteiger partial charge in [0, 0.05) is 19.7 Å². The third kappa shape index (κ3) is 3.92. The lowest BCUT2D eigenvalue weighted by molar-refractivity contribution is 0.306. The fraction of sp³-hybridized carbons (Fsp3) is 0.160. The molecule has 32 heavy (non-hydrogen) atoms. The van der Waals surface area contributed by atoms with Crippen LogP contribution in [-0.2, 0) is 27.2 Å². The smallest absolute Gasteiger partial charge is 0.333 e. The standard InChI is InChI=1S/C25H20N4O3/c1-4-15-29-24(30)22-23(28(3)25(29)31)26-21(27(22)2)14-13-18-11-8-12-20(16-18)32-17-19-9-6-5-7-10-19/h1,5-12,16H,15,17H2,2-3H3. The maximum absolute atomic E-state index is 12.8. The van der Waals surface area contributed by atoms with Crippen molar-refractivity contribution in [3.8, 4) is 29.9 Å². The predicted octanol–water partition coefficient (Wildman–Crippen LogP) is 2.05. The SMILES string of the molecule is C#CCn1c(=O)c2c(nc(C#Cc3cccc(OCc4ccccc4)c3)n2C)n(C)c1=O. The lowest BCUT2D eigenvalue weighted by Gasteiger charge is -2.06. The summed E-state index contributed by atoms with van der Waals surface area (Å²) in [6.45, 7) is 0.351. The minimum Gasteiger partial charge on any atom is -0.489 e. The number of aromatic nitrogens is 4. The fourth-order valence-electron chi connectivity index (χ4n) is 3.32. The molecule has 158 valence electrons. The molecule has 0 amide bonds. The number of terminal acetylenes is 1. The van der Waals surface area contributed by atoms with Crippen LogP contribution < -0.4 is 16.0 Å². The molecule has 0 radical (unpaired) electrons. The second-order valence-electron chi connectivity index (χ2n) is 7.16. The third-order valence-corrected chi connectivity index (χ3v) is 5.01. The molecule has 0 unspecified atom stereocenters. The Balaban J connectivity index is 1.66. The number of imidazole rings is 1. The summed E-state index contributed by atoms with van der Waals surface area (Å²) in [5.41, 5.74) is 1.35. The number of nitrogens with zero attached hydrogens (tertiary/aromatic N) is 4. The molecule has 0 aliphatic rings. The highest BCUT2D eigenvalue weighted by atomic mass is 16.5. The quantitative estimate of drug-likeness (QED) is 0.470. The molecule has 0 saturated carbocycles. The van der Waals surface area contributed by atoms with E-state index in [0.717, 1.165) is 15.7 Å². The fourth-order valence-corrected chi connectivity index (χ4v) is 3.32. The second-order valence-corrected chi connectivity index (χ2v) is 7.16. The van der Waals surface area contributed by atoms with E-state index in [0.29, 0.717) is 18.2 Å². The highest BCUT2D eigenvalue weighted by molar-refractivity contribution is 5.72. The third-order valence-electron chi connectivity index (χ3n) is 5.01. The molecule has 2 heterocycles. The number of benzene rings is 2. The first-order valence-corrected chi connectivity index (χ1v) is 9.88. The Morgan fingerprint density at radius 1 is 1.00 bits per heavy atom. The maximum atomic E-state index is 12.8. The summed E-state index contributed by atoms with van der Waals surface area (Å²) in [6, 6.07) is 17.3. The summed E-state index contributed by atoms with van der Waals surface area (Å²) < 4.78 is 9.74. The molecule has 2 aromatic carbocycles. The summed E-state index contributed by atoms with van der Waals surface area (Å²) in [5, 5.41) is 0. The van der Waals surface area contributed by atoms with E-state index < -0.39 is 11.2 Å². The van der Waals surface area contributed by atoms with Crippen LogP contribution in [0.15, 0.2) is 64.2 Å². The van der Waals surface area contributed by atoms with Crippen molar-refractivity contribution in [2.24, 2.45) is 14.1 Å². The first kappa shape index (κ1) is 20.8. The van der Waals surface area contributed by atoms with Gasteiger partial charge in [-0.1, -0.05) is 48.2 Å². The topological polar surface area (TPSA) is 71.1 Å². The molecular formula is C25H20N4O3. The van der Waals surface area contributed by atoms with Crippen molar-refractivity contribution in [3.63, 3.8) is 0 Å². The van der Waals surface area contributed by atoms with Gasteiger partial charge >= 0.3 is 5.69 Å². The van der Waals surface area contributed by atoms with Crippen molar-refractivity contribution in [1.29, 1.82) is 0 Å². The summed E-state index contributed by atoms with van der Waals surface area (Å²) >= 11 is 0. The largest absolute Gasteiger partial charge is 0.489 e. The molecule has 0 atom stereocenters. The molecular weight excluding hydrogens is 404 g/mol. The van der Waals surface area contributed by atoms with Crippen molar-refractivity contribution in [2.45, 2.75) is 13.2 Å². The van der Waals surface area contributed by atoms with Crippen molar-refractivity contribution < 1.29 is 4.74 Å². The molecule has 7 nitrogen and oxygen atoms in total. The van der Waals surface area contributed by atoms with E-state index in [9.17, 15) is 9.59 Å². The molecule has 4 rings (SSSR count). The average Bonchev–Trinajstić information content (AvgIpc) is 3.15. The van der Waals surface area contributed by atoms with Crippen LogP contribution >= 0.6 is 0 Å².